The van der Waals surface area contributed by atoms with Crippen molar-refractivity contribution in [3.63, 3.8) is 0 Å². The van der Waals surface area contributed by atoms with Gasteiger partial charge in [-0.3, -0.25) is 33.7 Å². The van der Waals surface area contributed by atoms with Crippen LogP contribution < -0.4 is 5.32 Å². The molecule has 230 valence electrons. The summed E-state index contributed by atoms with van der Waals surface area (Å²) in [6.07, 6.45) is -0.819. The quantitative estimate of drug-likeness (QED) is 0.145. The summed E-state index contributed by atoms with van der Waals surface area (Å²) in [5.74, 6) is -3.73. The summed E-state index contributed by atoms with van der Waals surface area (Å²) in [5, 5.41) is 2.77. The number of rotatable bonds is 17. The highest BCUT2D eigenvalue weighted by Crippen LogP contribution is 2.29. The van der Waals surface area contributed by atoms with Crippen LogP contribution in [0.2, 0.25) is 0 Å². The van der Waals surface area contributed by atoms with Gasteiger partial charge in [-0.05, 0) is 55.8 Å². The number of ketones is 2. The van der Waals surface area contributed by atoms with E-state index >= 15 is 0 Å². The third-order valence-electron chi connectivity index (χ3n) is 6.94. The first kappa shape index (κ1) is 33.8. The maximum Gasteiger partial charge on any atom is 0.305 e. The molecule has 10 nitrogen and oxygen atoms in total. The van der Waals surface area contributed by atoms with Gasteiger partial charge in [-0.25, -0.2) is 0 Å². The molecule has 0 bridgehead atoms. The molecule has 4 atom stereocenters. The number of benzene rings is 1. The van der Waals surface area contributed by atoms with E-state index in [1.54, 1.807) is 38.1 Å². The first-order chi connectivity index (χ1) is 20.1. The standard InChI is InChI=1S/C30H38Br2N2O8/c1-6-24(37)42-16-21-9-7-20(8-10-21)15-23(36)19(5)33-28(38)25(17(2)3)18(4)22(35)11-13-41-14-12-34-29(39)26(31)27(32)30(34)40/h7-10,17-19,25H,6,11-16H2,1-5H3,(H,33,38)/t18?,19-,25+/m0/s1/i6T/t6?,18?,19-,25+. The van der Waals surface area contributed by atoms with Crippen LogP contribution >= 0.6 is 31.9 Å². The van der Waals surface area contributed by atoms with Crippen molar-refractivity contribution in [2.75, 3.05) is 19.8 Å². The summed E-state index contributed by atoms with van der Waals surface area (Å²) in [7, 11) is 0. The van der Waals surface area contributed by atoms with Crippen molar-refractivity contribution in [2.45, 2.75) is 66.5 Å². The van der Waals surface area contributed by atoms with E-state index in [9.17, 15) is 28.8 Å². The largest absolute Gasteiger partial charge is 0.461 e. The van der Waals surface area contributed by atoms with Gasteiger partial charge in [-0.15, -0.1) is 0 Å². The molecule has 1 aliphatic heterocycles. The Morgan fingerprint density at radius 3 is 2.05 bits per heavy atom. The molecule has 1 N–H and O–H groups in total. The van der Waals surface area contributed by atoms with Gasteiger partial charge < -0.3 is 14.8 Å². The molecule has 0 saturated heterocycles. The summed E-state index contributed by atoms with van der Waals surface area (Å²) in [6, 6.07) is 6.19. The molecule has 0 saturated carbocycles. The Balaban J connectivity index is 1.82. The van der Waals surface area contributed by atoms with Gasteiger partial charge in [0.05, 0.1) is 25.8 Å². The van der Waals surface area contributed by atoms with Crippen LogP contribution in [0.1, 0.15) is 59.9 Å². The Morgan fingerprint density at radius 1 is 0.929 bits per heavy atom. The number of hydrogen-bond acceptors (Lipinski definition) is 8. The predicted octanol–water partition coefficient (Wildman–Crippen LogP) is 4.01. The first-order valence-electron chi connectivity index (χ1n) is 14.2. The van der Waals surface area contributed by atoms with Crippen molar-refractivity contribution in [2.24, 2.45) is 17.8 Å². The molecule has 2 unspecified atom stereocenters. The number of carbonyl (C=O) groups is 6. The molecule has 42 heavy (non-hydrogen) atoms. The molecule has 1 aromatic rings. The Bertz CT molecular complexity index is 1230. The van der Waals surface area contributed by atoms with Crippen molar-refractivity contribution in [1.82, 2.24) is 10.2 Å². The minimum absolute atomic E-state index is 0.0387. The molecule has 1 aliphatic rings. The van der Waals surface area contributed by atoms with Crippen LogP contribution in [0.5, 0.6) is 0 Å². The maximum absolute atomic E-state index is 13.2. The molecule has 12 heteroatoms. The van der Waals surface area contributed by atoms with Crippen LogP contribution in [-0.4, -0.2) is 66.0 Å². The molecule has 0 spiro atoms. The third kappa shape index (κ3) is 9.95. The van der Waals surface area contributed by atoms with Crippen LogP contribution in [0.3, 0.4) is 0 Å². The fraction of sp³-hybridized carbons (Fsp3) is 0.533. The number of amides is 3. The summed E-state index contributed by atoms with van der Waals surface area (Å²) in [4.78, 5) is 75.5. The van der Waals surface area contributed by atoms with Gasteiger partial charge in [0.25, 0.3) is 11.8 Å². The average Bonchev–Trinajstić information content (AvgIpc) is 3.13. The number of carbonyl (C=O) groups excluding carboxylic acids is 6. The zero-order chi connectivity index (χ0) is 32.4. The number of Topliss-reactive ketones (excluding diaryl/α,β-unsaturated/α-hetero) is 2. The van der Waals surface area contributed by atoms with Gasteiger partial charge >= 0.3 is 5.97 Å². The molecular formula is C30H38Br2N2O8. The molecule has 1 aromatic carbocycles. The van der Waals surface area contributed by atoms with Crippen LogP contribution in [0, 0.1) is 17.8 Å². The van der Waals surface area contributed by atoms with E-state index in [1.165, 1.54) is 6.92 Å². The fourth-order valence-corrected chi connectivity index (χ4v) is 5.19. The van der Waals surface area contributed by atoms with Crippen LogP contribution in [0.4, 0.5) is 0 Å². The average molecular weight is 716 g/mol. The normalized spacial score (nSPS) is 16.7. The van der Waals surface area contributed by atoms with Crippen molar-refractivity contribution < 1.29 is 39.6 Å². The van der Waals surface area contributed by atoms with Gasteiger partial charge in [0.2, 0.25) is 5.91 Å². The maximum atomic E-state index is 13.2. The zero-order valence-electron chi connectivity index (χ0n) is 25.4. The fourth-order valence-electron chi connectivity index (χ4n) is 4.42. The van der Waals surface area contributed by atoms with Gasteiger partial charge in [-0.1, -0.05) is 52.0 Å². The summed E-state index contributed by atoms with van der Waals surface area (Å²) in [5.41, 5.74) is 1.46. The Hall–Kier alpha value is -2.70. The SMILES string of the molecule is [3H]C(C)C(=O)OCc1ccc(CC(=O)[C@H](C)NC(=O)[C@H](C(C)C)C(C)C(=O)CCOCCN2C(=O)C(Br)=C(Br)C2=O)cc1. The van der Waals surface area contributed by atoms with Crippen LogP contribution in [-0.2, 0) is 51.3 Å². The molecule has 1 heterocycles. The van der Waals surface area contributed by atoms with Crippen LogP contribution in [0.25, 0.3) is 0 Å². The Morgan fingerprint density at radius 2 is 1.50 bits per heavy atom. The minimum atomic E-state index is -0.957. The molecule has 2 rings (SSSR count). The van der Waals surface area contributed by atoms with Crippen molar-refractivity contribution in [3.8, 4) is 0 Å². The number of nitrogens with zero attached hydrogens (tertiary/aromatic N) is 1. The number of imide groups is 1. The van der Waals surface area contributed by atoms with Crippen molar-refractivity contribution in [3.05, 3.63) is 44.4 Å². The third-order valence-corrected chi connectivity index (χ3v) is 8.94. The summed E-state index contributed by atoms with van der Waals surface area (Å²) >= 11 is 6.12. The van der Waals surface area contributed by atoms with E-state index in [0.29, 0.717) is 0 Å². The molecule has 0 aliphatic carbocycles. The number of esters is 1. The van der Waals surface area contributed by atoms with E-state index in [4.69, 9.17) is 10.8 Å². The smallest absolute Gasteiger partial charge is 0.305 e. The second kappa shape index (κ2) is 16.8. The van der Waals surface area contributed by atoms with Crippen molar-refractivity contribution >= 4 is 67.1 Å². The highest BCUT2D eigenvalue weighted by molar-refractivity contribution is 9.14. The molecule has 0 radical (unpaired) electrons. The van der Waals surface area contributed by atoms with E-state index in [2.05, 4.69) is 37.2 Å². The van der Waals surface area contributed by atoms with Crippen LogP contribution in [0.15, 0.2) is 33.2 Å². The van der Waals surface area contributed by atoms with Gasteiger partial charge in [0.15, 0.2) is 5.78 Å². The zero-order valence-corrected chi connectivity index (χ0v) is 27.6. The molecule has 0 aromatic heterocycles. The monoisotopic (exact) mass is 714 g/mol. The lowest BCUT2D eigenvalue weighted by atomic mass is 9.80. The van der Waals surface area contributed by atoms with Crippen molar-refractivity contribution in [1.29, 1.82) is 0 Å². The summed E-state index contributed by atoms with van der Waals surface area (Å²) < 4.78 is 18.2. The topological polar surface area (TPSA) is 136 Å². The van der Waals surface area contributed by atoms with E-state index in [-0.39, 0.29) is 71.6 Å². The highest BCUT2D eigenvalue weighted by Gasteiger charge is 2.36. The lowest BCUT2D eigenvalue weighted by Gasteiger charge is -2.27. The Kier molecular flexibility index (Phi) is 13.5. The Labute approximate surface area is 264 Å². The lowest BCUT2D eigenvalue weighted by molar-refractivity contribution is -0.144. The van der Waals surface area contributed by atoms with Gasteiger partial charge in [-0.2, -0.15) is 0 Å². The second-order valence-electron chi connectivity index (χ2n) is 10.4. The number of nitrogens with one attached hydrogen (secondary N) is 1. The van der Waals surface area contributed by atoms with E-state index < -0.39 is 42.1 Å². The predicted molar refractivity (Wildman–Crippen MR) is 162 cm³/mol. The number of halogens is 2. The lowest BCUT2D eigenvalue weighted by Crippen LogP contribution is -2.46. The minimum Gasteiger partial charge on any atom is -0.461 e. The van der Waals surface area contributed by atoms with E-state index in [1.807, 2.05) is 13.8 Å². The van der Waals surface area contributed by atoms with Gasteiger partial charge in [0.1, 0.15) is 21.4 Å². The summed E-state index contributed by atoms with van der Waals surface area (Å²) in [6.45, 7) is 8.62. The second-order valence-corrected chi connectivity index (χ2v) is 11.9. The first-order valence-corrected chi connectivity index (χ1v) is 15.3. The molecule has 3 amide bonds. The van der Waals surface area contributed by atoms with Gasteiger partial charge in [0, 0.05) is 32.4 Å². The van der Waals surface area contributed by atoms with E-state index in [0.717, 1.165) is 16.0 Å². The molecule has 0 fully saturated rings. The highest BCUT2D eigenvalue weighted by atomic mass is 79.9. The number of ether oxygens (including phenoxy) is 2. The molecular weight excluding hydrogens is 676 g/mol. The number of hydrogen-bond donors (Lipinski definition) is 1.